The van der Waals surface area contributed by atoms with Crippen molar-refractivity contribution < 1.29 is 14.9 Å². The maximum Gasteiger partial charge on any atom is 0.0802 e. The number of benzene rings is 1. The average Bonchev–Trinajstić information content (AvgIpc) is 2.41. The minimum Gasteiger partial charge on any atom is -0.395 e. The monoisotopic (exact) mass is 287 g/mol. The molecule has 1 aromatic carbocycles. The molecule has 5 heteroatoms. The molecule has 4 nitrogen and oxygen atoms in total. The molecule has 0 radical (unpaired) electrons. The standard InChI is InChI=1S/C14H22ClNO3/c1-19-10-8-16(7-9-17)6-5-14(18)12-3-2-4-13(15)11-12/h2-4,11,14,17-18H,5-10H2,1H3. The van der Waals surface area contributed by atoms with Crippen LogP contribution in [-0.2, 0) is 4.74 Å². The Morgan fingerprint density at radius 1 is 1.32 bits per heavy atom. The van der Waals surface area contributed by atoms with Crippen LogP contribution in [0.25, 0.3) is 0 Å². The van der Waals surface area contributed by atoms with Gasteiger partial charge in [-0.3, -0.25) is 4.90 Å². The number of halogens is 1. The van der Waals surface area contributed by atoms with Crippen molar-refractivity contribution >= 4 is 11.6 Å². The fourth-order valence-electron chi connectivity index (χ4n) is 1.88. The zero-order valence-corrected chi connectivity index (χ0v) is 12.0. The summed E-state index contributed by atoms with van der Waals surface area (Å²) in [4.78, 5) is 2.07. The topological polar surface area (TPSA) is 52.9 Å². The normalized spacial score (nSPS) is 12.9. The lowest BCUT2D eigenvalue weighted by Crippen LogP contribution is -2.32. The number of hydrogen-bond donors (Lipinski definition) is 2. The fraction of sp³-hybridized carbons (Fsp3) is 0.571. The van der Waals surface area contributed by atoms with E-state index in [4.69, 9.17) is 21.4 Å². The first-order chi connectivity index (χ1) is 9.17. The quantitative estimate of drug-likeness (QED) is 0.726. The zero-order chi connectivity index (χ0) is 14.1. The number of rotatable bonds is 9. The van der Waals surface area contributed by atoms with Gasteiger partial charge in [-0.1, -0.05) is 23.7 Å². The van der Waals surface area contributed by atoms with E-state index in [1.807, 2.05) is 12.1 Å². The van der Waals surface area contributed by atoms with E-state index in [0.29, 0.717) is 31.1 Å². The van der Waals surface area contributed by atoms with Crippen molar-refractivity contribution in [3.05, 3.63) is 34.9 Å². The second kappa shape index (κ2) is 9.28. The van der Waals surface area contributed by atoms with Crippen LogP contribution in [0, 0.1) is 0 Å². The molecule has 108 valence electrons. The summed E-state index contributed by atoms with van der Waals surface area (Å²) in [6, 6.07) is 7.26. The Labute approximate surface area is 119 Å². The van der Waals surface area contributed by atoms with Gasteiger partial charge in [-0.05, 0) is 24.1 Å². The highest BCUT2D eigenvalue weighted by molar-refractivity contribution is 6.30. The molecule has 0 amide bonds. The zero-order valence-electron chi connectivity index (χ0n) is 11.3. The van der Waals surface area contributed by atoms with Crippen molar-refractivity contribution in [1.29, 1.82) is 0 Å². The van der Waals surface area contributed by atoms with Crippen LogP contribution in [0.15, 0.2) is 24.3 Å². The molecule has 0 saturated carbocycles. The molecule has 0 aliphatic rings. The lowest BCUT2D eigenvalue weighted by Gasteiger charge is -2.22. The smallest absolute Gasteiger partial charge is 0.0802 e. The molecule has 0 fully saturated rings. The molecule has 0 aromatic heterocycles. The van der Waals surface area contributed by atoms with Gasteiger partial charge in [0.15, 0.2) is 0 Å². The summed E-state index contributed by atoms with van der Waals surface area (Å²) in [5, 5.41) is 19.7. The molecule has 1 unspecified atom stereocenters. The lowest BCUT2D eigenvalue weighted by atomic mass is 10.1. The number of methoxy groups -OCH3 is 1. The summed E-state index contributed by atoms with van der Waals surface area (Å²) < 4.78 is 5.02. The third-order valence-electron chi connectivity index (χ3n) is 2.98. The Kier molecular flexibility index (Phi) is 8.02. The highest BCUT2D eigenvalue weighted by Crippen LogP contribution is 2.20. The van der Waals surface area contributed by atoms with E-state index in [1.54, 1.807) is 19.2 Å². The van der Waals surface area contributed by atoms with Crippen molar-refractivity contribution in [2.24, 2.45) is 0 Å². The van der Waals surface area contributed by atoms with Gasteiger partial charge in [-0.25, -0.2) is 0 Å². The van der Waals surface area contributed by atoms with Gasteiger partial charge in [0, 0.05) is 31.8 Å². The van der Waals surface area contributed by atoms with Crippen molar-refractivity contribution in [3.8, 4) is 0 Å². The van der Waals surface area contributed by atoms with Crippen molar-refractivity contribution in [1.82, 2.24) is 4.90 Å². The van der Waals surface area contributed by atoms with E-state index in [9.17, 15) is 5.11 Å². The largest absolute Gasteiger partial charge is 0.395 e. The van der Waals surface area contributed by atoms with Crippen molar-refractivity contribution in [2.45, 2.75) is 12.5 Å². The van der Waals surface area contributed by atoms with Crippen LogP contribution in [-0.4, -0.2) is 55.1 Å². The Morgan fingerprint density at radius 3 is 2.74 bits per heavy atom. The highest BCUT2D eigenvalue weighted by atomic mass is 35.5. The maximum absolute atomic E-state index is 10.1. The average molecular weight is 288 g/mol. The molecule has 0 saturated heterocycles. The highest BCUT2D eigenvalue weighted by Gasteiger charge is 2.11. The Bertz CT molecular complexity index is 362. The fourth-order valence-corrected chi connectivity index (χ4v) is 2.08. The van der Waals surface area contributed by atoms with Crippen LogP contribution in [0.5, 0.6) is 0 Å². The van der Waals surface area contributed by atoms with Crippen molar-refractivity contribution in [3.63, 3.8) is 0 Å². The Balaban J connectivity index is 2.44. The minimum atomic E-state index is -0.539. The second-order valence-electron chi connectivity index (χ2n) is 4.42. The molecule has 19 heavy (non-hydrogen) atoms. The molecule has 1 rings (SSSR count). The number of nitrogens with zero attached hydrogens (tertiary/aromatic N) is 1. The van der Waals surface area contributed by atoms with Crippen LogP contribution in [0.3, 0.4) is 0 Å². The lowest BCUT2D eigenvalue weighted by molar-refractivity contribution is 0.105. The Morgan fingerprint density at radius 2 is 2.11 bits per heavy atom. The number of aliphatic hydroxyl groups is 2. The third-order valence-corrected chi connectivity index (χ3v) is 3.22. The Hall–Kier alpha value is -0.650. The first-order valence-corrected chi connectivity index (χ1v) is 6.81. The summed E-state index contributed by atoms with van der Waals surface area (Å²) in [5.41, 5.74) is 0.822. The van der Waals surface area contributed by atoms with Gasteiger partial charge >= 0.3 is 0 Å². The molecule has 0 heterocycles. The molecular formula is C14H22ClNO3. The summed E-state index contributed by atoms with van der Waals surface area (Å²) in [6.07, 6.45) is 0.0618. The van der Waals surface area contributed by atoms with Crippen LogP contribution in [0.1, 0.15) is 18.1 Å². The molecule has 0 aliphatic heterocycles. The molecule has 1 atom stereocenters. The van der Waals surface area contributed by atoms with E-state index in [-0.39, 0.29) is 6.61 Å². The molecular weight excluding hydrogens is 266 g/mol. The van der Waals surface area contributed by atoms with Gasteiger partial charge in [-0.15, -0.1) is 0 Å². The van der Waals surface area contributed by atoms with Crippen LogP contribution >= 0.6 is 11.6 Å². The molecule has 2 N–H and O–H groups in total. The summed E-state index contributed by atoms with van der Waals surface area (Å²) in [7, 11) is 1.65. The number of ether oxygens (including phenoxy) is 1. The van der Waals surface area contributed by atoms with Crippen molar-refractivity contribution in [2.75, 3.05) is 40.0 Å². The van der Waals surface area contributed by atoms with E-state index in [2.05, 4.69) is 4.90 Å². The van der Waals surface area contributed by atoms with Gasteiger partial charge in [-0.2, -0.15) is 0 Å². The minimum absolute atomic E-state index is 0.108. The van der Waals surface area contributed by atoms with Gasteiger partial charge in [0.05, 0.1) is 19.3 Å². The number of hydrogen-bond acceptors (Lipinski definition) is 4. The summed E-state index contributed by atoms with van der Waals surface area (Å²) in [6.45, 7) is 2.77. The molecule has 0 aliphatic carbocycles. The third kappa shape index (κ3) is 6.36. The summed E-state index contributed by atoms with van der Waals surface area (Å²) in [5.74, 6) is 0. The molecule has 0 spiro atoms. The summed E-state index contributed by atoms with van der Waals surface area (Å²) >= 11 is 5.90. The van der Waals surface area contributed by atoms with Gasteiger partial charge in [0.25, 0.3) is 0 Å². The molecule has 0 bridgehead atoms. The first-order valence-electron chi connectivity index (χ1n) is 6.43. The van der Waals surface area contributed by atoms with Crippen LogP contribution in [0.2, 0.25) is 5.02 Å². The van der Waals surface area contributed by atoms with E-state index in [0.717, 1.165) is 12.1 Å². The van der Waals surface area contributed by atoms with Gasteiger partial charge in [0.1, 0.15) is 0 Å². The van der Waals surface area contributed by atoms with E-state index in [1.165, 1.54) is 0 Å². The predicted molar refractivity (Wildman–Crippen MR) is 76.4 cm³/mol. The van der Waals surface area contributed by atoms with E-state index < -0.39 is 6.10 Å². The SMILES string of the molecule is COCCN(CCO)CCC(O)c1cccc(Cl)c1. The second-order valence-corrected chi connectivity index (χ2v) is 4.85. The molecule has 1 aromatic rings. The van der Waals surface area contributed by atoms with Gasteiger partial charge in [0.2, 0.25) is 0 Å². The van der Waals surface area contributed by atoms with Crippen LogP contribution in [0.4, 0.5) is 0 Å². The number of aliphatic hydroxyl groups excluding tert-OH is 2. The van der Waals surface area contributed by atoms with Crippen LogP contribution < -0.4 is 0 Å². The van der Waals surface area contributed by atoms with E-state index >= 15 is 0 Å². The maximum atomic E-state index is 10.1. The first kappa shape index (κ1) is 16.4. The van der Waals surface area contributed by atoms with Gasteiger partial charge < -0.3 is 14.9 Å². The predicted octanol–water partition coefficient (Wildman–Crippen LogP) is 1.70.